The van der Waals surface area contributed by atoms with Crippen LogP contribution in [0.5, 0.6) is 0 Å². The minimum atomic E-state index is 0.141. The maximum atomic E-state index is 5.98. The van der Waals surface area contributed by atoms with Crippen LogP contribution < -0.4 is 5.32 Å². The van der Waals surface area contributed by atoms with Gasteiger partial charge in [0.15, 0.2) is 5.96 Å². The number of hydrogen-bond acceptors (Lipinski definition) is 4. The molecule has 2 aromatic rings. The number of ether oxygens (including phenoxy) is 2. The number of guanidine groups is 1. The van der Waals surface area contributed by atoms with Gasteiger partial charge in [0.1, 0.15) is 6.10 Å². The fourth-order valence-corrected chi connectivity index (χ4v) is 4.07. The van der Waals surface area contributed by atoms with Crippen molar-refractivity contribution >= 4 is 16.9 Å². The molecule has 4 rings (SSSR count). The number of para-hydroxylation sites is 1. The van der Waals surface area contributed by atoms with E-state index >= 15 is 0 Å². The molecule has 0 bridgehead atoms. The van der Waals surface area contributed by atoms with Crippen LogP contribution in [0.25, 0.3) is 10.9 Å². The van der Waals surface area contributed by atoms with Crippen LogP contribution in [-0.2, 0) is 15.9 Å². The van der Waals surface area contributed by atoms with Gasteiger partial charge < -0.3 is 19.7 Å². The molecule has 6 nitrogen and oxygen atoms in total. The Bertz CT molecular complexity index is 799. The topological polar surface area (TPSA) is 59.0 Å². The van der Waals surface area contributed by atoms with Crippen LogP contribution >= 0.6 is 0 Å². The zero-order chi connectivity index (χ0) is 19.2. The average Bonchev–Trinajstić information content (AvgIpc) is 3.28. The number of aliphatic imine (C=N–C) groups is 1. The molecule has 0 aliphatic carbocycles. The van der Waals surface area contributed by atoms with Crippen molar-refractivity contribution in [3.63, 3.8) is 0 Å². The minimum absolute atomic E-state index is 0.141. The lowest BCUT2D eigenvalue weighted by molar-refractivity contribution is -0.0817. The number of nitrogens with one attached hydrogen (secondary N) is 1. The molecule has 1 aromatic heterocycles. The SMILES string of the molecule is CCNC(=NCCc1cccc2cccnc12)N1CCOC(C2CCCO2)C1. The quantitative estimate of drug-likeness (QED) is 0.636. The molecule has 3 heterocycles. The molecular weight excluding hydrogens is 352 g/mol. The third-order valence-corrected chi connectivity index (χ3v) is 5.47. The molecule has 2 fully saturated rings. The molecule has 0 radical (unpaired) electrons. The number of fused-ring (bicyclic) bond motifs is 1. The van der Waals surface area contributed by atoms with E-state index in [1.165, 1.54) is 10.9 Å². The monoisotopic (exact) mass is 382 g/mol. The number of pyridine rings is 1. The summed E-state index contributed by atoms with van der Waals surface area (Å²) in [6.45, 7) is 7.00. The molecule has 2 saturated heterocycles. The number of aromatic nitrogens is 1. The molecular formula is C22H30N4O2. The lowest BCUT2D eigenvalue weighted by Crippen LogP contribution is -2.53. The fraction of sp³-hybridized carbons (Fsp3) is 0.545. The van der Waals surface area contributed by atoms with Crippen molar-refractivity contribution in [3.05, 3.63) is 42.1 Å². The highest BCUT2D eigenvalue weighted by Gasteiger charge is 2.32. The van der Waals surface area contributed by atoms with Crippen molar-refractivity contribution in [1.82, 2.24) is 15.2 Å². The Hall–Kier alpha value is -2.18. The highest BCUT2D eigenvalue weighted by molar-refractivity contribution is 5.82. The first-order chi connectivity index (χ1) is 13.8. The van der Waals surface area contributed by atoms with Crippen LogP contribution in [0.15, 0.2) is 41.5 Å². The van der Waals surface area contributed by atoms with Gasteiger partial charge in [-0.3, -0.25) is 9.98 Å². The second kappa shape index (κ2) is 9.34. The molecule has 0 saturated carbocycles. The van der Waals surface area contributed by atoms with Crippen LogP contribution in [0.1, 0.15) is 25.3 Å². The number of benzene rings is 1. The summed E-state index contributed by atoms with van der Waals surface area (Å²) in [4.78, 5) is 11.8. The Labute approximate surface area is 166 Å². The first kappa shape index (κ1) is 19.2. The van der Waals surface area contributed by atoms with Gasteiger partial charge >= 0.3 is 0 Å². The van der Waals surface area contributed by atoms with Crippen LogP contribution in [0.3, 0.4) is 0 Å². The van der Waals surface area contributed by atoms with E-state index in [9.17, 15) is 0 Å². The van der Waals surface area contributed by atoms with Crippen molar-refractivity contribution in [3.8, 4) is 0 Å². The second-order valence-corrected chi connectivity index (χ2v) is 7.38. The van der Waals surface area contributed by atoms with Gasteiger partial charge in [0.05, 0.1) is 18.2 Å². The summed E-state index contributed by atoms with van der Waals surface area (Å²) < 4.78 is 11.8. The molecule has 2 aliphatic heterocycles. The summed E-state index contributed by atoms with van der Waals surface area (Å²) in [6, 6.07) is 10.5. The molecule has 0 amide bonds. The van der Waals surface area contributed by atoms with Crippen LogP contribution in [0, 0.1) is 0 Å². The van der Waals surface area contributed by atoms with Crippen LogP contribution in [-0.4, -0.2) is 67.4 Å². The smallest absolute Gasteiger partial charge is 0.194 e. The van der Waals surface area contributed by atoms with E-state index in [0.29, 0.717) is 0 Å². The van der Waals surface area contributed by atoms with Gasteiger partial charge in [0.25, 0.3) is 0 Å². The highest BCUT2D eigenvalue weighted by atomic mass is 16.5. The maximum Gasteiger partial charge on any atom is 0.194 e. The van der Waals surface area contributed by atoms with E-state index in [4.69, 9.17) is 14.5 Å². The normalized spacial score (nSPS) is 23.3. The lowest BCUT2D eigenvalue weighted by atomic mass is 10.1. The largest absolute Gasteiger partial charge is 0.375 e. The van der Waals surface area contributed by atoms with Crippen LogP contribution in [0.4, 0.5) is 0 Å². The molecule has 2 atom stereocenters. The average molecular weight is 383 g/mol. The van der Waals surface area contributed by atoms with Gasteiger partial charge in [-0.15, -0.1) is 0 Å². The van der Waals surface area contributed by atoms with E-state index in [-0.39, 0.29) is 12.2 Å². The Morgan fingerprint density at radius 1 is 1.21 bits per heavy atom. The summed E-state index contributed by atoms with van der Waals surface area (Å²) in [5.74, 6) is 0.974. The Kier molecular flexibility index (Phi) is 6.39. The van der Waals surface area contributed by atoms with Crippen molar-refractivity contribution in [2.45, 2.75) is 38.4 Å². The summed E-state index contributed by atoms with van der Waals surface area (Å²) in [5.41, 5.74) is 2.33. The third kappa shape index (κ3) is 4.45. The molecule has 28 heavy (non-hydrogen) atoms. The van der Waals surface area contributed by atoms with Crippen molar-refractivity contribution < 1.29 is 9.47 Å². The Morgan fingerprint density at radius 2 is 2.11 bits per heavy atom. The van der Waals surface area contributed by atoms with Crippen molar-refractivity contribution in [2.24, 2.45) is 4.99 Å². The van der Waals surface area contributed by atoms with E-state index < -0.39 is 0 Å². The van der Waals surface area contributed by atoms with E-state index in [1.54, 1.807) is 0 Å². The van der Waals surface area contributed by atoms with Gasteiger partial charge in [-0.1, -0.05) is 24.3 Å². The van der Waals surface area contributed by atoms with Crippen molar-refractivity contribution in [2.75, 3.05) is 39.4 Å². The lowest BCUT2D eigenvalue weighted by Gasteiger charge is -2.37. The molecule has 1 aromatic carbocycles. The number of morpholine rings is 1. The molecule has 6 heteroatoms. The maximum absolute atomic E-state index is 5.98. The standard InChI is InChI=1S/C22H30N4O2/c1-2-23-22(26-13-15-28-20(16-26)19-9-5-14-27-19)25-12-10-18-7-3-6-17-8-4-11-24-21(17)18/h3-4,6-8,11,19-20H,2,5,9-10,12-16H2,1H3,(H,23,25). The van der Waals surface area contributed by atoms with Crippen molar-refractivity contribution in [1.29, 1.82) is 0 Å². The van der Waals surface area contributed by atoms with Gasteiger partial charge in [-0.2, -0.15) is 0 Å². The Balaban J connectivity index is 1.42. The van der Waals surface area contributed by atoms with E-state index in [1.807, 2.05) is 12.3 Å². The zero-order valence-electron chi connectivity index (χ0n) is 16.6. The first-order valence-corrected chi connectivity index (χ1v) is 10.4. The van der Waals surface area contributed by atoms with E-state index in [2.05, 4.69) is 46.4 Å². The zero-order valence-corrected chi connectivity index (χ0v) is 16.6. The fourth-order valence-electron chi connectivity index (χ4n) is 4.07. The second-order valence-electron chi connectivity index (χ2n) is 7.38. The van der Waals surface area contributed by atoms with Crippen LogP contribution in [0.2, 0.25) is 0 Å². The van der Waals surface area contributed by atoms with Gasteiger partial charge in [0.2, 0.25) is 0 Å². The third-order valence-electron chi connectivity index (χ3n) is 5.47. The minimum Gasteiger partial charge on any atom is -0.375 e. The number of nitrogens with zero attached hydrogens (tertiary/aromatic N) is 3. The highest BCUT2D eigenvalue weighted by Crippen LogP contribution is 2.21. The van der Waals surface area contributed by atoms with Gasteiger partial charge in [0, 0.05) is 44.4 Å². The number of hydrogen-bond donors (Lipinski definition) is 1. The molecule has 2 aliphatic rings. The summed E-state index contributed by atoms with van der Waals surface area (Å²) in [7, 11) is 0. The molecule has 1 N–H and O–H groups in total. The summed E-state index contributed by atoms with van der Waals surface area (Å²) in [5, 5.41) is 4.63. The number of rotatable bonds is 5. The first-order valence-electron chi connectivity index (χ1n) is 10.4. The summed E-state index contributed by atoms with van der Waals surface area (Å²) in [6.07, 6.45) is 5.34. The summed E-state index contributed by atoms with van der Waals surface area (Å²) >= 11 is 0. The Morgan fingerprint density at radius 3 is 2.96 bits per heavy atom. The molecule has 2 unspecified atom stereocenters. The van der Waals surface area contributed by atoms with E-state index in [0.717, 1.165) is 70.1 Å². The molecule has 150 valence electrons. The molecule has 0 spiro atoms. The predicted octanol–water partition coefficient (Wildman–Crippen LogP) is 2.62. The predicted molar refractivity (Wildman–Crippen MR) is 112 cm³/mol. The van der Waals surface area contributed by atoms with Gasteiger partial charge in [-0.05, 0) is 37.8 Å². The van der Waals surface area contributed by atoms with Gasteiger partial charge in [-0.25, -0.2) is 0 Å².